The van der Waals surface area contributed by atoms with Crippen LogP contribution < -0.4 is 5.73 Å². The number of nitrogens with two attached hydrogens (primary N) is 1. The summed E-state index contributed by atoms with van der Waals surface area (Å²) in [5.41, 5.74) is 6.41. The van der Waals surface area contributed by atoms with Gasteiger partial charge in [0.2, 0.25) is 5.91 Å². The van der Waals surface area contributed by atoms with E-state index in [-0.39, 0.29) is 17.8 Å². The molecule has 0 aliphatic carbocycles. The minimum absolute atomic E-state index is 0.112. The SMILES string of the molecule is CC(c1ccc(F)cc1)N(C)C(=O)[C@@H](C)N. The molecule has 1 aromatic rings. The van der Waals surface area contributed by atoms with Gasteiger partial charge < -0.3 is 10.6 Å². The van der Waals surface area contributed by atoms with Crippen molar-refractivity contribution in [1.82, 2.24) is 4.90 Å². The van der Waals surface area contributed by atoms with E-state index in [4.69, 9.17) is 5.73 Å². The van der Waals surface area contributed by atoms with E-state index >= 15 is 0 Å². The third-order valence-electron chi connectivity index (χ3n) is 2.67. The quantitative estimate of drug-likeness (QED) is 0.849. The van der Waals surface area contributed by atoms with Crippen molar-refractivity contribution in [3.63, 3.8) is 0 Å². The minimum Gasteiger partial charge on any atom is -0.338 e. The highest BCUT2D eigenvalue weighted by atomic mass is 19.1. The van der Waals surface area contributed by atoms with Crippen molar-refractivity contribution in [2.24, 2.45) is 5.73 Å². The number of amides is 1. The van der Waals surface area contributed by atoms with Gasteiger partial charge in [-0.25, -0.2) is 4.39 Å². The molecule has 1 aromatic carbocycles. The Bertz CT molecular complexity index is 362. The molecule has 2 atom stereocenters. The van der Waals surface area contributed by atoms with Crippen LogP contribution in [0.2, 0.25) is 0 Å². The van der Waals surface area contributed by atoms with Crippen molar-refractivity contribution in [3.05, 3.63) is 35.6 Å². The van der Waals surface area contributed by atoms with Crippen LogP contribution in [0, 0.1) is 5.82 Å². The maximum Gasteiger partial charge on any atom is 0.239 e. The van der Waals surface area contributed by atoms with Gasteiger partial charge in [0.1, 0.15) is 5.82 Å². The Labute approximate surface area is 95.0 Å². The topological polar surface area (TPSA) is 46.3 Å². The first-order valence-electron chi connectivity index (χ1n) is 5.21. The maximum atomic E-state index is 12.7. The van der Waals surface area contributed by atoms with E-state index in [1.54, 1.807) is 31.0 Å². The molecular weight excluding hydrogens is 207 g/mol. The third-order valence-corrected chi connectivity index (χ3v) is 2.67. The first-order chi connectivity index (χ1) is 7.43. The molecule has 88 valence electrons. The van der Waals surface area contributed by atoms with E-state index in [1.807, 2.05) is 6.92 Å². The molecule has 0 saturated heterocycles. The van der Waals surface area contributed by atoms with Crippen molar-refractivity contribution in [3.8, 4) is 0 Å². The molecule has 1 amide bonds. The molecule has 1 rings (SSSR count). The van der Waals surface area contributed by atoms with Gasteiger partial charge in [-0.15, -0.1) is 0 Å². The second-order valence-electron chi connectivity index (χ2n) is 3.97. The minimum atomic E-state index is -0.520. The number of benzene rings is 1. The maximum absolute atomic E-state index is 12.7. The lowest BCUT2D eigenvalue weighted by atomic mass is 10.1. The molecule has 2 N–H and O–H groups in total. The molecule has 4 heteroatoms. The summed E-state index contributed by atoms with van der Waals surface area (Å²) in [6.45, 7) is 3.53. The molecule has 0 fully saturated rings. The molecule has 0 aromatic heterocycles. The number of hydrogen-bond donors (Lipinski definition) is 1. The van der Waals surface area contributed by atoms with Crippen LogP contribution in [0.4, 0.5) is 4.39 Å². The van der Waals surface area contributed by atoms with Gasteiger partial charge in [0.15, 0.2) is 0 Å². The number of rotatable bonds is 3. The smallest absolute Gasteiger partial charge is 0.239 e. The van der Waals surface area contributed by atoms with Gasteiger partial charge in [-0.1, -0.05) is 12.1 Å². The van der Waals surface area contributed by atoms with Crippen LogP contribution in [-0.4, -0.2) is 23.9 Å². The van der Waals surface area contributed by atoms with E-state index in [2.05, 4.69) is 0 Å². The van der Waals surface area contributed by atoms with Crippen molar-refractivity contribution in [2.45, 2.75) is 25.9 Å². The van der Waals surface area contributed by atoms with Gasteiger partial charge >= 0.3 is 0 Å². The number of carbonyl (C=O) groups excluding carboxylic acids is 1. The number of carbonyl (C=O) groups is 1. The van der Waals surface area contributed by atoms with E-state index < -0.39 is 6.04 Å². The number of halogens is 1. The van der Waals surface area contributed by atoms with Gasteiger partial charge in [0.25, 0.3) is 0 Å². The zero-order valence-corrected chi connectivity index (χ0v) is 9.77. The lowest BCUT2D eigenvalue weighted by molar-refractivity contribution is -0.132. The fourth-order valence-electron chi connectivity index (χ4n) is 1.48. The molecule has 0 radical (unpaired) electrons. The van der Waals surface area contributed by atoms with Gasteiger partial charge in [-0.3, -0.25) is 4.79 Å². The van der Waals surface area contributed by atoms with Crippen LogP contribution in [0.3, 0.4) is 0 Å². The van der Waals surface area contributed by atoms with E-state index in [9.17, 15) is 9.18 Å². The fourth-order valence-corrected chi connectivity index (χ4v) is 1.48. The molecule has 3 nitrogen and oxygen atoms in total. The van der Waals surface area contributed by atoms with Gasteiger partial charge in [0.05, 0.1) is 12.1 Å². The van der Waals surface area contributed by atoms with Gasteiger partial charge in [0, 0.05) is 7.05 Å². The summed E-state index contributed by atoms with van der Waals surface area (Å²) >= 11 is 0. The predicted octanol–water partition coefficient (Wildman–Crippen LogP) is 1.69. The molecule has 16 heavy (non-hydrogen) atoms. The molecule has 0 aliphatic rings. The summed E-state index contributed by atoms with van der Waals surface area (Å²) in [4.78, 5) is 13.2. The Morgan fingerprint density at radius 3 is 2.25 bits per heavy atom. The number of likely N-dealkylation sites (N-methyl/N-ethyl adjacent to an activating group) is 1. The number of nitrogens with zero attached hydrogens (tertiary/aromatic N) is 1. The molecule has 0 spiro atoms. The molecule has 0 saturated carbocycles. The third kappa shape index (κ3) is 2.79. The van der Waals surface area contributed by atoms with Crippen molar-refractivity contribution >= 4 is 5.91 Å². The Balaban J connectivity index is 2.81. The summed E-state index contributed by atoms with van der Waals surface area (Å²) in [5.74, 6) is -0.408. The lowest BCUT2D eigenvalue weighted by Crippen LogP contribution is -2.40. The molecule has 0 heterocycles. The van der Waals surface area contributed by atoms with Crippen molar-refractivity contribution < 1.29 is 9.18 Å². The highest BCUT2D eigenvalue weighted by Crippen LogP contribution is 2.19. The van der Waals surface area contributed by atoms with Crippen LogP contribution in [0.5, 0.6) is 0 Å². The Morgan fingerprint density at radius 2 is 1.81 bits per heavy atom. The zero-order chi connectivity index (χ0) is 12.3. The molecular formula is C12H17FN2O. The predicted molar refractivity (Wildman–Crippen MR) is 61.2 cm³/mol. The van der Waals surface area contributed by atoms with Crippen LogP contribution in [0.15, 0.2) is 24.3 Å². The average Bonchev–Trinajstić information content (AvgIpc) is 2.27. The van der Waals surface area contributed by atoms with E-state index in [0.717, 1.165) is 5.56 Å². The van der Waals surface area contributed by atoms with E-state index in [1.165, 1.54) is 12.1 Å². The molecule has 0 bridgehead atoms. The fraction of sp³-hybridized carbons (Fsp3) is 0.417. The van der Waals surface area contributed by atoms with Crippen molar-refractivity contribution in [2.75, 3.05) is 7.05 Å². The van der Waals surface area contributed by atoms with Crippen LogP contribution >= 0.6 is 0 Å². The summed E-state index contributed by atoms with van der Waals surface area (Å²) in [6, 6.07) is 5.48. The highest BCUT2D eigenvalue weighted by Gasteiger charge is 2.19. The molecule has 1 unspecified atom stereocenters. The van der Waals surface area contributed by atoms with Crippen LogP contribution in [0.25, 0.3) is 0 Å². The van der Waals surface area contributed by atoms with Crippen LogP contribution in [0.1, 0.15) is 25.5 Å². The monoisotopic (exact) mass is 224 g/mol. The lowest BCUT2D eigenvalue weighted by Gasteiger charge is -2.26. The molecule has 0 aliphatic heterocycles. The average molecular weight is 224 g/mol. The summed E-state index contributed by atoms with van der Waals surface area (Å²) in [7, 11) is 1.69. The van der Waals surface area contributed by atoms with E-state index in [0.29, 0.717) is 0 Å². The van der Waals surface area contributed by atoms with Crippen LogP contribution in [-0.2, 0) is 4.79 Å². The van der Waals surface area contributed by atoms with Crippen molar-refractivity contribution in [1.29, 1.82) is 0 Å². The van der Waals surface area contributed by atoms with Gasteiger partial charge in [-0.2, -0.15) is 0 Å². The first kappa shape index (κ1) is 12.6. The second kappa shape index (κ2) is 5.07. The summed E-state index contributed by atoms with van der Waals surface area (Å²) < 4.78 is 12.7. The largest absolute Gasteiger partial charge is 0.338 e. The Morgan fingerprint density at radius 1 is 1.31 bits per heavy atom. The zero-order valence-electron chi connectivity index (χ0n) is 9.77. The summed E-state index contributed by atoms with van der Waals surface area (Å²) in [5, 5.41) is 0. The Kier molecular flexibility index (Phi) is 4.01. The Hall–Kier alpha value is -1.42. The standard InChI is InChI=1S/C12H17FN2O/c1-8(14)12(16)15(3)9(2)10-4-6-11(13)7-5-10/h4-9H,14H2,1-3H3/t8-,9?/m1/s1. The second-order valence-corrected chi connectivity index (χ2v) is 3.97. The highest BCUT2D eigenvalue weighted by molar-refractivity contribution is 5.81. The van der Waals surface area contributed by atoms with Gasteiger partial charge in [-0.05, 0) is 31.5 Å². The normalized spacial score (nSPS) is 14.3. The summed E-state index contributed by atoms with van der Waals surface area (Å²) in [6.07, 6.45) is 0. The number of hydrogen-bond acceptors (Lipinski definition) is 2. The first-order valence-corrected chi connectivity index (χ1v) is 5.21.